The van der Waals surface area contributed by atoms with E-state index in [-0.39, 0.29) is 18.0 Å². The molecule has 6 heteroatoms. The summed E-state index contributed by atoms with van der Waals surface area (Å²) in [6.07, 6.45) is 1.81. The second kappa shape index (κ2) is 6.58. The summed E-state index contributed by atoms with van der Waals surface area (Å²) in [6.45, 7) is 5.46. The molecule has 1 heterocycles. The van der Waals surface area contributed by atoms with E-state index in [1.807, 2.05) is 0 Å². The minimum atomic E-state index is -0.997. The lowest BCUT2D eigenvalue weighted by molar-refractivity contribution is -0.140. The van der Waals surface area contributed by atoms with Crippen molar-refractivity contribution in [2.24, 2.45) is 5.92 Å². The molecule has 0 aromatic rings. The van der Waals surface area contributed by atoms with Crippen molar-refractivity contribution in [1.82, 2.24) is 15.5 Å². The molecule has 1 saturated heterocycles. The Morgan fingerprint density at radius 3 is 2.28 bits per heavy atom. The van der Waals surface area contributed by atoms with Crippen LogP contribution in [0.4, 0.5) is 4.79 Å². The minimum Gasteiger partial charge on any atom is -0.480 e. The maximum absolute atomic E-state index is 11.7. The zero-order valence-corrected chi connectivity index (χ0v) is 11.3. The molecular weight excluding hydrogens is 234 g/mol. The molecule has 0 saturated carbocycles. The number of carboxylic acids is 1. The van der Waals surface area contributed by atoms with Crippen LogP contribution in [-0.4, -0.2) is 54.2 Å². The smallest absolute Gasteiger partial charge is 0.326 e. The van der Waals surface area contributed by atoms with Crippen LogP contribution < -0.4 is 10.6 Å². The van der Waals surface area contributed by atoms with Crippen LogP contribution in [0.3, 0.4) is 0 Å². The van der Waals surface area contributed by atoms with Gasteiger partial charge in [-0.3, -0.25) is 0 Å². The van der Waals surface area contributed by atoms with Gasteiger partial charge in [0.2, 0.25) is 0 Å². The fraction of sp³-hybridized carbons (Fsp3) is 0.833. The maximum Gasteiger partial charge on any atom is 0.326 e. The lowest BCUT2D eigenvalue weighted by atomic mass is 10.0. The van der Waals surface area contributed by atoms with Gasteiger partial charge in [-0.1, -0.05) is 13.8 Å². The van der Waals surface area contributed by atoms with Crippen molar-refractivity contribution in [3.05, 3.63) is 0 Å². The van der Waals surface area contributed by atoms with E-state index in [1.165, 1.54) is 0 Å². The summed E-state index contributed by atoms with van der Waals surface area (Å²) in [4.78, 5) is 24.9. The second-order valence-corrected chi connectivity index (χ2v) is 5.26. The normalized spacial score (nSPS) is 19.6. The van der Waals surface area contributed by atoms with Gasteiger partial charge in [-0.05, 0) is 38.9 Å². The van der Waals surface area contributed by atoms with E-state index in [9.17, 15) is 9.59 Å². The largest absolute Gasteiger partial charge is 0.480 e. The number of likely N-dealkylation sites (tertiary alicyclic amines) is 1. The van der Waals surface area contributed by atoms with Gasteiger partial charge in [-0.2, -0.15) is 0 Å². The number of piperidine rings is 1. The molecule has 0 aliphatic carbocycles. The first-order chi connectivity index (χ1) is 8.40. The van der Waals surface area contributed by atoms with Crippen LogP contribution in [0.25, 0.3) is 0 Å². The highest BCUT2D eigenvalue weighted by atomic mass is 16.4. The van der Waals surface area contributed by atoms with Crippen molar-refractivity contribution in [3.8, 4) is 0 Å². The third kappa shape index (κ3) is 4.52. The number of carbonyl (C=O) groups excluding carboxylic acids is 1. The van der Waals surface area contributed by atoms with Crippen LogP contribution in [0.2, 0.25) is 0 Å². The number of aliphatic carboxylic acids is 1. The van der Waals surface area contributed by atoms with E-state index in [4.69, 9.17) is 5.11 Å². The molecule has 1 aliphatic rings. The average molecular weight is 257 g/mol. The monoisotopic (exact) mass is 257 g/mol. The van der Waals surface area contributed by atoms with Gasteiger partial charge in [-0.25, -0.2) is 9.59 Å². The molecule has 1 aliphatic heterocycles. The molecule has 3 N–H and O–H groups in total. The van der Waals surface area contributed by atoms with Gasteiger partial charge in [-0.15, -0.1) is 0 Å². The molecule has 1 rings (SSSR count). The fourth-order valence-corrected chi connectivity index (χ4v) is 2.03. The summed E-state index contributed by atoms with van der Waals surface area (Å²) in [5.41, 5.74) is 0. The van der Waals surface area contributed by atoms with Crippen molar-refractivity contribution in [2.75, 3.05) is 20.1 Å². The van der Waals surface area contributed by atoms with E-state index in [0.29, 0.717) is 0 Å². The summed E-state index contributed by atoms with van der Waals surface area (Å²) in [6, 6.07) is -1.08. The first-order valence-electron chi connectivity index (χ1n) is 6.38. The summed E-state index contributed by atoms with van der Waals surface area (Å²) in [5, 5.41) is 14.3. The zero-order valence-electron chi connectivity index (χ0n) is 11.3. The van der Waals surface area contributed by atoms with Gasteiger partial charge in [0, 0.05) is 6.04 Å². The molecular formula is C12H23N3O3. The number of nitrogens with one attached hydrogen (secondary N) is 2. The second-order valence-electron chi connectivity index (χ2n) is 5.26. The molecule has 2 amide bonds. The zero-order chi connectivity index (χ0) is 13.7. The number of carboxylic acid groups (broad SMARTS) is 1. The van der Waals surface area contributed by atoms with Gasteiger partial charge >= 0.3 is 12.0 Å². The standard InChI is InChI=1S/C12H23N3O3/c1-8(2)10(11(16)17)14-12(18)13-9-4-6-15(3)7-5-9/h8-10H,4-7H2,1-3H3,(H,16,17)(H2,13,14,18). The van der Waals surface area contributed by atoms with Crippen molar-refractivity contribution < 1.29 is 14.7 Å². The molecule has 0 radical (unpaired) electrons. The molecule has 1 fully saturated rings. The number of urea groups is 1. The Hall–Kier alpha value is -1.30. The van der Waals surface area contributed by atoms with Crippen molar-refractivity contribution in [3.63, 3.8) is 0 Å². The third-order valence-corrected chi connectivity index (χ3v) is 3.27. The average Bonchev–Trinajstić information content (AvgIpc) is 2.28. The van der Waals surface area contributed by atoms with Gasteiger partial charge in [0.25, 0.3) is 0 Å². The topological polar surface area (TPSA) is 81.7 Å². The highest BCUT2D eigenvalue weighted by Crippen LogP contribution is 2.08. The Kier molecular flexibility index (Phi) is 5.40. The Morgan fingerprint density at radius 1 is 1.28 bits per heavy atom. The van der Waals surface area contributed by atoms with Crippen LogP contribution in [0.15, 0.2) is 0 Å². The van der Waals surface area contributed by atoms with Crippen LogP contribution >= 0.6 is 0 Å². The van der Waals surface area contributed by atoms with Crippen molar-refractivity contribution >= 4 is 12.0 Å². The van der Waals surface area contributed by atoms with E-state index >= 15 is 0 Å². The molecule has 18 heavy (non-hydrogen) atoms. The summed E-state index contributed by atoms with van der Waals surface area (Å²) < 4.78 is 0. The number of carbonyl (C=O) groups is 2. The predicted octanol–water partition coefficient (Wildman–Crippen LogP) is 0.489. The number of rotatable bonds is 4. The Bertz CT molecular complexity index is 299. The van der Waals surface area contributed by atoms with E-state index in [2.05, 4.69) is 22.6 Å². The van der Waals surface area contributed by atoms with Crippen LogP contribution in [0, 0.1) is 5.92 Å². The number of hydrogen-bond donors (Lipinski definition) is 3. The van der Waals surface area contributed by atoms with Gasteiger partial charge in [0.1, 0.15) is 6.04 Å². The first kappa shape index (κ1) is 14.8. The van der Waals surface area contributed by atoms with Gasteiger partial charge in [0.05, 0.1) is 0 Å². The quantitative estimate of drug-likeness (QED) is 0.684. The molecule has 0 spiro atoms. The van der Waals surface area contributed by atoms with Crippen LogP contribution in [0.1, 0.15) is 26.7 Å². The molecule has 0 aromatic heterocycles. The SMILES string of the molecule is CC(C)C(NC(=O)NC1CCN(C)CC1)C(=O)O. The van der Waals surface area contributed by atoms with Crippen LogP contribution in [-0.2, 0) is 4.79 Å². The third-order valence-electron chi connectivity index (χ3n) is 3.27. The molecule has 0 bridgehead atoms. The van der Waals surface area contributed by atoms with Gasteiger partial charge in [0.15, 0.2) is 0 Å². The van der Waals surface area contributed by atoms with Crippen molar-refractivity contribution in [1.29, 1.82) is 0 Å². The number of hydrogen-bond acceptors (Lipinski definition) is 3. The van der Waals surface area contributed by atoms with Crippen LogP contribution in [0.5, 0.6) is 0 Å². The molecule has 104 valence electrons. The van der Waals surface area contributed by atoms with E-state index in [1.54, 1.807) is 13.8 Å². The fourth-order valence-electron chi connectivity index (χ4n) is 2.03. The minimum absolute atomic E-state index is 0.134. The lowest BCUT2D eigenvalue weighted by Crippen LogP contribution is -2.52. The predicted molar refractivity (Wildman–Crippen MR) is 68.4 cm³/mol. The summed E-state index contributed by atoms with van der Waals surface area (Å²) >= 11 is 0. The van der Waals surface area contributed by atoms with E-state index < -0.39 is 12.0 Å². The number of nitrogens with zero attached hydrogens (tertiary/aromatic N) is 1. The van der Waals surface area contributed by atoms with E-state index in [0.717, 1.165) is 25.9 Å². The highest BCUT2D eigenvalue weighted by molar-refractivity contribution is 5.82. The molecule has 1 atom stereocenters. The lowest BCUT2D eigenvalue weighted by Gasteiger charge is -2.30. The molecule has 6 nitrogen and oxygen atoms in total. The summed E-state index contributed by atoms with van der Waals surface area (Å²) in [7, 11) is 2.05. The maximum atomic E-state index is 11.7. The Morgan fingerprint density at radius 2 is 1.83 bits per heavy atom. The van der Waals surface area contributed by atoms with Gasteiger partial charge < -0.3 is 20.6 Å². The summed E-state index contributed by atoms with van der Waals surface area (Å²) in [5.74, 6) is -1.13. The highest BCUT2D eigenvalue weighted by Gasteiger charge is 2.25. The Balaban J connectivity index is 2.38. The van der Waals surface area contributed by atoms with Crippen molar-refractivity contribution in [2.45, 2.75) is 38.8 Å². The molecule has 1 unspecified atom stereocenters. The number of amides is 2. The molecule has 0 aromatic carbocycles. The Labute approximate surface area is 108 Å². The first-order valence-corrected chi connectivity index (χ1v) is 6.38.